The Morgan fingerprint density at radius 2 is 1.93 bits per heavy atom. The second-order valence-electron chi connectivity index (χ2n) is 5.53. The van der Waals surface area contributed by atoms with E-state index in [-0.39, 0.29) is 11.3 Å². The Kier molecular flexibility index (Phi) is 2.91. The van der Waals surface area contributed by atoms with Crippen LogP contribution in [0.3, 0.4) is 0 Å². The van der Waals surface area contributed by atoms with Crippen molar-refractivity contribution in [3.63, 3.8) is 0 Å². The average molecular weight is 199 g/mol. The van der Waals surface area contributed by atoms with Gasteiger partial charge >= 0.3 is 0 Å². The molecule has 1 rings (SSSR count). The number of carbonyl (C=O) groups excluding carboxylic acids is 1. The highest BCUT2D eigenvalue weighted by atomic mass is 16.3. The molecule has 1 amide bonds. The molecule has 1 fully saturated rings. The zero-order valence-electron chi connectivity index (χ0n) is 9.63. The van der Waals surface area contributed by atoms with Crippen molar-refractivity contribution in [2.75, 3.05) is 7.05 Å². The van der Waals surface area contributed by atoms with Crippen LogP contribution in [0.15, 0.2) is 0 Å². The summed E-state index contributed by atoms with van der Waals surface area (Å²) in [6.07, 6.45) is 2.95. The van der Waals surface area contributed by atoms with E-state index in [1.807, 2.05) is 20.8 Å². The largest absolute Gasteiger partial charge is 0.371 e. The summed E-state index contributed by atoms with van der Waals surface area (Å²) in [7, 11) is 1.70. The standard InChI is InChI=1S/C11H21NO2/c1-10(2,3)8-9(13)12(4)11(14)6-5-7-11/h14H,5-8H2,1-4H3. The van der Waals surface area contributed by atoms with Gasteiger partial charge in [-0.3, -0.25) is 4.79 Å². The van der Waals surface area contributed by atoms with Crippen LogP contribution in [0, 0.1) is 5.41 Å². The normalized spacial score (nSPS) is 20.1. The Bertz CT molecular complexity index is 226. The summed E-state index contributed by atoms with van der Waals surface area (Å²) >= 11 is 0. The van der Waals surface area contributed by atoms with Crippen LogP contribution in [0.5, 0.6) is 0 Å². The van der Waals surface area contributed by atoms with Crippen molar-refractivity contribution in [1.29, 1.82) is 0 Å². The lowest BCUT2D eigenvalue weighted by atomic mass is 9.85. The first kappa shape index (κ1) is 11.5. The maximum absolute atomic E-state index is 11.8. The third kappa shape index (κ3) is 2.47. The van der Waals surface area contributed by atoms with E-state index in [1.54, 1.807) is 7.05 Å². The molecule has 0 aromatic rings. The molecule has 1 saturated carbocycles. The van der Waals surface area contributed by atoms with Crippen LogP contribution >= 0.6 is 0 Å². The van der Waals surface area contributed by atoms with Gasteiger partial charge in [-0.1, -0.05) is 20.8 Å². The van der Waals surface area contributed by atoms with Crippen LogP contribution in [0.2, 0.25) is 0 Å². The third-order valence-corrected chi connectivity index (χ3v) is 2.83. The second kappa shape index (κ2) is 3.54. The van der Waals surface area contributed by atoms with Gasteiger partial charge in [0, 0.05) is 13.5 Å². The number of hydrogen-bond acceptors (Lipinski definition) is 2. The quantitative estimate of drug-likeness (QED) is 0.688. The predicted octanol–water partition coefficient (Wildman–Crippen LogP) is 1.75. The van der Waals surface area contributed by atoms with Gasteiger partial charge < -0.3 is 10.0 Å². The molecular formula is C11H21NO2. The Morgan fingerprint density at radius 3 is 2.21 bits per heavy atom. The summed E-state index contributed by atoms with van der Waals surface area (Å²) in [6, 6.07) is 0. The van der Waals surface area contributed by atoms with Gasteiger partial charge in [-0.25, -0.2) is 0 Å². The molecule has 0 spiro atoms. The van der Waals surface area contributed by atoms with Crippen molar-refractivity contribution in [1.82, 2.24) is 4.90 Å². The Hall–Kier alpha value is -0.570. The van der Waals surface area contributed by atoms with Crippen LogP contribution < -0.4 is 0 Å². The maximum atomic E-state index is 11.8. The first-order chi connectivity index (χ1) is 6.25. The zero-order chi connectivity index (χ0) is 11.0. The number of rotatable bonds is 2. The van der Waals surface area contributed by atoms with Crippen LogP contribution in [0.25, 0.3) is 0 Å². The molecule has 1 N–H and O–H groups in total. The number of aliphatic hydroxyl groups is 1. The maximum Gasteiger partial charge on any atom is 0.225 e. The molecule has 0 aromatic carbocycles. The fraction of sp³-hybridized carbons (Fsp3) is 0.909. The number of nitrogens with zero attached hydrogens (tertiary/aromatic N) is 1. The van der Waals surface area contributed by atoms with Gasteiger partial charge in [0.25, 0.3) is 0 Å². The summed E-state index contributed by atoms with van der Waals surface area (Å²) in [5.41, 5.74) is -0.853. The van der Waals surface area contributed by atoms with Crippen molar-refractivity contribution in [2.24, 2.45) is 5.41 Å². The lowest BCUT2D eigenvalue weighted by Gasteiger charge is -2.44. The molecule has 0 unspecified atom stereocenters. The fourth-order valence-electron chi connectivity index (χ4n) is 1.63. The molecule has 0 atom stereocenters. The molecule has 0 aromatic heterocycles. The highest BCUT2D eigenvalue weighted by Crippen LogP contribution is 2.35. The molecule has 0 radical (unpaired) electrons. The topological polar surface area (TPSA) is 40.5 Å². The minimum absolute atomic E-state index is 0.00848. The van der Waals surface area contributed by atoms with Crippen LogP contribution in [-0.2, 0) is 4.79 Å². The van der Waals surface area contributed by atoms with E-state index >= 15 is 0 Å². The molecule has 0 aliphatic heterocycles. The molecule has 1 aliphatic carbocycles. The van der Waals surface area contributed by atoms with Gasteiger partial charge in [-0.15, -0.1) is 0 Å². The van der Waals surface area contributed by atoms with E-state index in [0.29, 0.717) is 6.42 Å². The van der Waals surface area contributed by atoms with Gasteiger partial charge in [0.1, 0.15) is 5.72 Å². The SMILES string of the molecule is CN(C(=O)CC(C)(C)C)C1(O)CCC1. The van der Waals surface area contributed by atoms with Crippen LogP contribution in [-0.4, -0.2) is 28.7 Å². The van der Waals surface area contributed by atoms with Crippen molar-refractivity contribution < 1.29 is 9.90 Å². The Balaban J connectivity index is 2.52. The number of hydrogen-bond donors (Lipinski definition) is 1. The molecular weight excluding hydrogens is 178 g/mol. The van der Waals surface area contributed by atoms with Gasteiger partial charge in [0.2, 0.25) is 5.91 Å². The van der Waals surface area contributed by atoms with Crippen molar-refractivity contribution in [2.45, 2.75) is 52.2 Å². The van der Waals surface area contributed by atoms with Gasteiger partial charge in [0.15, 0.2) is 0 Å². The van der Waals surface area contributed by atoms with E-state index in [4.69, 9.17) is 0 Å². The highest BCUT2D eigenvalue weighted by molar-refractivity contribution is 5.77. The zero-order valence-corrected chi connectivity index (χ0v) is 9.63. The third-order valence-electron chi connectivity index (χ3n) is 2.83. The van der Waals surface area contributed by atoms with Crippen LogP contribution in [0.4, 0.5) is 0 Å². The molecule has 0 heterocycles. The Labute approximate surface area is 86.1 Å². The summed E-state index contributed by atoms with van der Waals surface area (Å²) < 4.78 is 0. The summed E-state index contributed by atoms with van der Waals surface area (Å²) in [5, 5.41) is 9.95. The van der Waals surface area contributed by atoms with E-state index in [9.17, 15) is 9.90 Å². The van der Waals surface area contributed by atoms with Crippen molar-refractivity contribution in [3.8, 4) is 0 Å². The molecule has 82 valence electrons. The molecule has 0 saturated heterocycles. The molecule has 3 nitrogen and oxygen atoms in total. The minimum Gasteiger partial charge on any atom is -0.371 e. The summed E-state index contributed by atoms with van der Waals surface area (Å²) in [4.78, 5) is 13.3. The number of amides is 1. The molecule has 3 heteroatoms. The van der Waals surface area contributed by atoms with Crippen molar-refractivity contribution >= 4 is 5.91 Å². The van der Waals surface area contributed by atoms with Gasteiger partial charge in [-0.2, -0.15) is 0 Å². The number of carbonyl (C=O) groups is 1. The van der Waals surface area contributed by atoms with Gasteiger partial charge in [0.05, 0.1) is 0 Å². The summed E-state index contributed by atoms with van der Waals surface area (Å²) in [5.74, 6) is 0.0414. The predicted molar refractivity (Wildman–Crippen MR) is 55.6 cm³/mol. The Morgan fingerprint density at radius 1 is 1.43 bits per heavy atom. The lowest BCUT2D eigenvalue weighted by Crippen LogP contribution is -2.54. The average Bonchev–Trinajstić information content (AvgIpc) is 1.95. The molecule has 0 bridgehead atoms. The highest BCUT2D eigenvalue weighted by Gasteiger charge is 2.41. The van der Waals surface area contributed by atoms with E-state index in [0.717, 1.165) is 19.3 Å². The second-order valence-corrected chi connectivity index (χ2v) is 5.53. The first-order valence-corrected chi connectivity index (χ1v) is 5.24. The van der Waals surface area contributed by atoms with Crippen LogP contribution in [0.1, 0.15) is 46.5 Å². The van der Waals surface area contributed by atoms with Crippen molar-refractivity contribution in [3.05, 3.63) is 0 Å². The fourth-order valence-corrected chi connectivity index (χ4v) is 1.63. The monoisotopic (exact) mass is 199 g/mol. The first-order valence-electron chi connectivity index (χ1n) is 5.24. The summed E-state index contributed by atoms with van der Waals surface area (Å²) in [6.45, 7) is 6.09. The molecule has 1 aliphatic rings. The van der Waals surface area contributed by atoms with E-state index < -0.39 is 5.72 Å². The minimum atomic E-state index is -0.845. The van der Waals surface area contributed by atoms with E-state index in [1.165, 1.54) is 4.90 Å². The lowest BCUT2D eigenvalue weighted by molar-refractivity contribution is -0.176. The van der Waals surface area contributed by atoms with E-state index in [2.05, 4.69) is 0 Å². The smallest absolute Gasteiger partial charge is 0.225 e. The van der Waals surface area contributed by atoms with Gasteiger partial charge in [-0.05, 0) is 24.7 Å². The molecule has 14 heavy (non-hydrogen) atoms.